The fraction of sp³-hybridized carbons (Fsp3) is 0.346. The highest BCUT2D eigenvalue weighted by Gasteiger charge is 2.38. The highest BCUT2D eigenvalue weighted by Crippen LogP contribution is 2.39. The molecule has 38 heavy (non-hydrogen) atoms. The van der Waals surface area contributed by atoms with Crippen LogP contribution in [0.2, 0.25) is 0 Å². The first-order valence-corrected chi connectivity index (χ1v) is 13.4. The van der Waals surface area contributed by atoms with Gasteiger partial charge in [0, 0.05) is 17.6 Å². The predicted octanol–water partition coefficient (Wildman–Crippen LogP) is 5.21. The second-order valence-corrected chi connectivity index (χ2v) is 10.8. The lowest BCUT2D eigenvalue weighted by atomic mass is 10.0. The third-order valence-corrected chi connectivity index (χ3v) is 8.04. The molecule has 1 aromatic carbocycles. The molecule has 4 heterocycles. The van der Waals surface area contributed by atoms with Gasteiger partial charge in [-0.3, -0.25) is 4.72 Å². The number of aromatic nitrogens is 2. The van der Waals surface area contributed by atoms with Gasteiger partial charge in [-0.25, -0.2) is 9.97 Å². The number of hydrogen-bond donors (Lipinski definition) is 1. The second-order valence-electron chi connectivity index (χ2n) is 9.15. The third kappa shape index (κ3) is 5.71. The number of sulfonamides is 1. The van der Waals surface area contributed by atoms with Crippen molar-refractivity contribution in [1.82, 2.24) is 9.97 Å². The van der Waals surface area contributed by atoms with E-state index in [1.165, 1.54) is 12.1 Å². The summed E-state index contributed by atoms with van der Waals surface area (Å²) in [5.74, 6) is 0.405. The molecule has 1 N–H and O–H groups in total. The van der Waals surface area contributed by atoms with Crippen molar-refractivity contribution in [3.63, 3.8) is 0 Å². The van der Waals surface area contributed by atoms with E-state index in [0.29, 0.717) is 23.5 Å². The van der Waals surface area contributed by atoms with Crippen molar-refractivity contribution in [2.75, 3.05) is 9.62 Å². The molecule has 0 radical (unpaired) electrons. The lowest BCUT2D eigenvalue weighted by Gasteiger charge is -2.35. The summed E-state index contributed by atoms with van der Waals surface area (Å²) in [7, 11) is -4.18. The van der Waals surface area contributed by atoms with Crippen LogP contribution in [0.15, 0.2) is 59.6 Å². The van der Waals surface area contributed by atoms with E-state index in [-0.39, 0.29) is 28.3 Å². The Hall–Kier alpha value is -3.76. The number of anilines is 2. The first kappa shape index (κ1) is 27.3. The zero-order valence-electron chi connectivity index (χ0n) is 20.4. The molecule has 2 fully saturated rings. The van der Waals surface area contributed by atoms with E-state index in [4.69, 9.17) is 9.59 Å². The standard InChI is InChI=1S/C25H25F3N4O2S.CO2/c1-16-6-2-3-9-19(16)24-20(25(26,27)28)14-15-21(29-24)31-35(33,34)23-11-5-10-22(30-23)32-17-7-4-8-18(32)13-12-17;2-1-3/h2-3,5-6,9-11,14-15,17-18H,4,7-8,12-13H2,1H3,(H,29,31);. The number of nitrogens with one attached hydrogen (secondary N) is 1. The predicted molar refractivity (Wildman–Crippen MR) is 133 cm³/mol. The van der Waals surface area contributed by atoms with Gasteiger partial charge in [0.15, 0.2) is 5.03 Å². The maximum Gasteiger partial charge on any atom is 0.418 e. The largest absolute Gasteiger partial charge is 0.418 e. The van der Waals surface area contributed by atoms with Crippen LogP contribution in [0.25, 0.3) is 11.3 Å². The fourth-order valence-electron chi connectivity index (χ4n) is 5.17. The Kier molecular flexibility index (Phi) is 7.84. The number of nitrogens with zero attached hydrogens (tertiary/aromatic N) is 3. The molecule has 12 heteroatoms. The minimum atomic E-state index is -4.65. The van der Waals surface area contributed by atoms with Crippen LogP contribution < -0.4 is 9.62 Å². The van der Waals surface area contributed by atoms with Gasteiger partial charge in [0.1, 0.15) is 11.6 Å². The van der Waals surface area contributed by atoms with E-state index in [1.54, 1.807) is 31.2 Å². The van der Waals surface area contributed by atoms with E-state index in [9.17, 15) is 21.6 Å². The Morgan fingerprint density at radius 3 is 2.21 bits per heavy atom. The van der Waals surface area contributed by atoms with Crippen LogP contribution in [-0.2, 0) is 25.8 Å². The van der Waals surface area contributed by atoms with E-state index in [0.717, 1.165) is 44.2 Å². The van der Waals surface area contributed by atoms with Gasteiger partial charge in [-0.05, 0) is 68.9 Å². The van der Waals surface area contributed by atoms with Gasteiger partial charge in [0.2, 0.25) is 0 Å². The highest BCUT2D eigenvalue weighted by atomic mass is 32.2. The van der Waals surface area contributed by atoms with Crippen LogP contribution in [0.1, 0.15) is 43.2 Å². The average molecular weight is 547 g/mol. The number of fused-ring (bicyclic) bond motifs is 2. The molecule has 0 saturated carbocycles. The molecule has 3 aromatic rings. The summed E-state index contributed by atoms with van der Waals surface area (Å²) in [6.45, 7) is 1.68. The van der Waals surface area contributed by atoms with Gasteiger partial charge in [-0.15, -0.1) is 0 Å². The summed E-state index contributed by atoms with van der Waals surface area (Å²) in [5.41, 5.74) is -0.393. The van der Waals surface area contributed by atoms with E-state index >= 15 is 0 Å². The summed E-state index contributed by atoms with van der Waals surface area (Å²) in [5, 5.41) is -0.195. The van der Waals surface area contributed by atoms with Crippen molar-refractivity contribution < 1.29 is 31.2 Å². The van der Waals surface area contributed by atoms with Crippen molar-refractivity contribution in [2.45, 2.75) is 62.3 Å². The minimum absolute atomic E-state index is 0.195. The van der Waals surface area contributed by atoms with Crippen LogP contribution >= 0.6 is 0 Å². The number of hydrogen-bond acceptors (Lipinski definition) is 7. The third-order valence-electron chi connectivity index (χ3n) is 6.78. The summed E-state index contributed by atoms with van der Waals surface area (Å²) in [6, 6.07) is 14.0. The van der Waals surface area contributed by atoms with Crippen molar-refractivity contribution in [3.8, 4) is 11.3 Å². The van der Waals surface area contributed by atoms with Gasteiger partial charge in [-0.1, -0.05) is 30.3 Å². The van der Waals surface area contributed by atoms with Crippen LogP contribution in [0.4, 0.5) is 24.8 Å². The van der Waals surface area contributed by atoms with Crippen molar-refractivity contribution in [3.05, 3.63) is 65.7 Å². The first-order valence-electron chi connectivity index (χ1n) is 12.0. The molecular weight excluding hydrogens is 521 g/mol. The summed E-state index contributed by atoms with van der Waals surface area (Å²) >= 11 is 0. The van der Waals surface area contributed by atoms with Crippen LogP contribution in [0.5, 0.6) is 0 Å². The van der Waals surface area contributed by atoms with Gasteiger partial charge < -0.3 is 4.90 Å². The molecule has 5 rings (SSSR count). The molecule has 0 aliphatic carbocycles. The lowest BCUT2D eigenvalue weighted by Crippen LogP contribution is -2.40. The Labute approximate surface area is 218 Å². The summed E-state index contributed by atoms with van der Waals surface area (Å²) in [6.07, 6.45) is 1.02. The van der Waals surface area contributed by atoms with E-state index < -0.39 is 21.8 Å². The molecule has 2 saturated heterocycles. The molecule has 2 unspecified atom stereocenters. The number of pyridine rings is 2. The Balaban J connectivity index is 0.00000107. The maximum absolute atomic E-state index is 13.7. The highest BCUT2D eigenvalue weighted by molar-refractivity contribution is 7.92. The van der Waals surface area contributed by atoms with Crippen molar-refractivity contribution in [2.24, 2.45) is 0 Å². The van der Waals surface area contributed by atoms with E-state index in [2.05, 4.69) is 19.6 Å². The van der Waals surface area contributed by atoms with Gasteiger partial charge in [0.25, 0.3) is 10.0 Å². The Bertz CT molecular complexity index is 1440. The number of alkyl halides is 3. The molecule has 2 bridgehead atoms. The van der Waals surface area contributed by atoms with Crippen molar-refractivity contribution >= 4 is 27.8 Å². The zero-order valence-corrected chi connectivity index (χ0v) is 21.2. The maximum atomic E-state index is 13.7. The smallest absolute Gasteiger partial charge is 0.351 e. The first-order chi connectivity index (χ1) is 18.0. The molecule has 0 spiro atoms. The van der Waals surface area contributed by atoms with E-state index in [1.807, 2.05) is 6.07 Å². The molecule has 2 atom stereocenters. The van der Waals surface area contributed by atoms with Gasteiger partial charge >= 0.3 is 12.3 Å². The number of rotatable bonds is 5. The molecule has 2 aliphatic rings. The van der Waals surface area contributed by atoms with Gasteiger partial charge in [-0.2, -0.15) is 31.2 Å². The Morgan fingerprint density at radius 1 is 0.921 bits per heavy atom. The zero-order chi connectivity index (χ0) is 27.5. The molecule has 0 amide bonds. The fourth-order valence-corrected chi connectivity index (χ4v) is 6.13. The minimum Gasteiger partial charge on any atom is -0.351 e. The molecule has 200 valence electrons. The van der Waals surface area contributed by atoms with Gasteiger partial charge in [0.05, 0.1) is 11.3 Å². The number of piperidine rings is 1. The Morgan fingerprint density at radius 2 is 1.58 bits per heavy atom. The van der Waals surface area contributed by atoms with Crippen molar-refractivity contribution in [1.29, 1.82) is 0 Å². The number of benzene rings is 1. The normalized spacial score (nSPS) is 18.8. The summed E-state index contributed by atoms with van der Waals surface area (Å²) in [4.78, 5) is 27.0. The molecule has 2 aromatic heterocycles. The van der Waals surface area contributed by atoms with Crippen LogP contribution in [0, 0.1) is 6.92 Å². The number of halogens is 3. The second kappa shape index (κ2) is 10.9. The lowest BCUT2D eigenvalue weighted by molar-refractivity contribution is -0.191. The molecular formula is C26H25F3N4O4S. The number of carbonyl (C=O) groups excluding carboxylic acids is 2. The molecule has 2 aliphatic heterocycles. The van der Waals surface area contributed by atoms with Crippen LogP contribution in [0.3, 0.4) is 0 Å². The SMILES string of the molecule is Cc1ccccc1-c1nc(NS(=O)(=O)c2cccc(N3C4CCCC3CC4)n2)ccc1C(F)(F)F.O=C=O. The molecule has 8 nitrogen and oxygen atoms in total. The quantitative estimate of drug-likeness (QED) is 0.468. The average Bonchev–Trinajstić information content (AvgIpc) is 3.12. The number of aryl methyl sites for hydroxylation is 1. The monoisotopic (exact) mass is 546 g/mol. The van der Waals surface area contributed by atoms with Crippen LogP contribution in [-0.4, -0.2) is 36.6 Å². The summed E-state index contributed by atoms with van der Waals surface area (Å²) < 4.78 is 69.7. The topological polar surface area (TPSA) is 109 Å².